The minimum absolute atomic E-state index is 0.404. The number of carboxylic acids is 2. The summed E-state index contributed by atoms with van der Waals surface area (Å²) in [5.41, 5.74) is 0.627. The largest absolute Gasteiger partial charge is 0.482 e. The van der Waals surface area contributed by atoms with Gasteiger partial charge in [0.05, 0.1) is 0 Å². The van der Waals surface area contributed by atoms with E-state index in [4.69, 9.17) is 14.9 Å². The van der Waals surface area contributed by atoms with Gasteiger partial charge in [-0.3, -0.25) is 4.79 Å². The van der Waals surface area contributed by atoms with Crippen molar-refractivity contribution in [1.82, 2.24) is 0 Å². The molecule has 6 nitrogen and oxygen atoms in total. The molecular weight excluding hydrogens is 226 g/mol. The van der Waals surface area contributed by atoms with Crippen LogP contribution in [0.25, 0.3) is 0 Å². The normalized spacial score (nSPS) is 11.6. The number of aliphatic carboxylic acids is 2. The van der Waals surface area contributed by atoms with E-state index in [1.165, 1.54) is 6.92 Å². The highest BCUT2D eigenvalue weighted by Crippen LogP contribution is 2.16. The van der Waals surface area contributed by atoms with Gasteiger partial charge in [-0.1, -0.05) is 0 Å². The summed E-state index contributed by atoms with van der Waals surface area (Å²) >= 11 is 0. The summed E-state index contributed by atoms with van der Waals surface area (Å²) in [6.07, 6.45) is 0. The van der Waals surface area contributed by atoms with Crippen LogP contribution in [0.15, 0.2) is 24.3 Å². The molecule has 0 spiro atoms. The average molecular weight is 239 g/mol. The number of carbonyl (C=O) groups is 2. The van der Waals surface area contributed by atoms with Crippen molar-refractivity contribution < 1.29 is 24.5 Å². The van der Waals surface area contributed by atoms with Crippen molar-refractivity contribution in [2.75, 3.05) is 11.9 Å². The Morgan fingerprint density at radius 1 is 1.29 bits per heavy atom. The summed E-state index contributed by atoms with van der Waals surface area (Å²) in [4.78, 5) is 20.9. The number of nitrogens with one attached hydrogen (secondary N) is 1. The van der Waals surface area contributed by atoms with Gasteiger partial charge in [-0.05, 0) is 31.2 Å². The van der Waals surface area contributed by atoms with Gasteiger partial charge in [-0.25, -0.2) is 4.79 Å². The topological polar surface area (TPSA) is 95.9 Å². The highest BCUT2D eigenvalue weighted by Gasteiger charge is 2.09. The Bertz CT molecular complexity index is 401. The number of rotatable bonds is 6. The lowest BCUT2D eigenvalue weighted by Crippen LogP contribution is -2.25. The van der Waals surface area contributed by atoms with E-state index in [1.54, 1.807) is 24.3 Å². The Morgan fingerprint density at radius 3 is 2.35 bits per heavy atom. The fourth-order valence-electron chi connectivity index (χ4n) is 1.10. The molecule has 0 unspecified atom stereocenters. The molecule has 0 fully saturated rings. The average Bonchev–Trinajstić information content (AvgIpc) is 2.28. The lowest BCUT2D eigenvalue weighted by Gasteiger charge is -2.11. The van der Waals surface area contributed by atoms with Gasteiger partial charge in [0.1, 0.15) is 11.8 Å². The lowest BCUT2D eigenvalue weighted by atomic mass is 10.2. The fourth-order valence-corrected chi connectivity index (χ4v) is 1.10. The summed E-state index contributed by atoms with van der Waals surface area (Å²) in [6, 6.07) is 5.69. The van der Waals surface area contributed by atoms with Crippen molar-refractivity contribution >= 4 is 17.6 Å². The molecule has 0 saturated carbocycles. The third kappa shape index (κ3) is 4.42. The quantitative estimate of drug-likeness (QED) is 0.686. The number of benzene rings is 1. The van der Waals surface area contributed by atoms with Crippen LogP contribution in [0.1, 0.15) is 6.92 Å². The number of carboxylic acid groups (broad SMARTS) is 2. The van der Waals surface area contributed by atoms with Crippen LogP contribution in [0.3, 0.4) is 0 Å². The smallest absolute Gasteiger partial charge is 0.341 e. The zero-order valence-corrected chi connectivity index (χ0v) is 9.21. The third-order valence-corrected chi connectivity index (χ3v) is 1.97. The van der Waals surface area contributed by atoms with Gasteiger partial charge in [-0.15, -0.1) is 0 Å². The molecule has 0 saturated heterocycles. The first-order chi connectivity index (χ1) is 7.99. The standard InChI is InChI=1S/C11H13NO5/c1-7(11(15)16)12-8-2-4-9(5-3-8)17-6-10(13)14/h2-5,7,12H,6H2,1H3,(H,13,14)(H,15,16)/t7-/m0/s1. The molecule has 0 heterocycles. The number of hydrogen-bond acceptors (Lipinski definition) is 4. The summed E-state index contributed by atoms with van der Waals surface area (Å²) in [6.45, 7) is 1.12. The third-order valence-electron chi connectivity index (χ3n) is 1.97. The second kappa shape index (κ2) is 5.74. The molecule has 0 bridgehead atoms. The van der Waals surface area contributed by atoms with E-state index in [2.05, 4.69) is 5.32 Å². The van der Waals surface area contributed by atoms with Crippen LogP contribution in [0, 0.1) is 0 Å². The van der Waals surface area contributed by atoms with Gasteiger partial charge in [0.2, 0.25) is 0 Å². The van der Waals surface area contributed by atoms with Gasteiger partial charge in [-0.2, -0.15) is 0 Å². The van der Waals surface area contributed by atoms with E-state index >= 15 is 0 Å². The van der Waals surface area contributed by atoms with Crippen LogP contribution in [0.5, 0.6) is 5.75 Å². The van der Waals surface area contributed by atoms with Crippen LogP contribution < -0.4 is 10.1 Å². The van der Waals surface area contributed by atoms with E-state index in [1.807, 2.05) is 0 Å². The molecule has 0 amide bonds. The van der Waals surface area contributed by atoms with Crippen LogP contribution in [-0.4, -0.2) is 34.8 Å². The molecule has 1 rings (SSSR count). The second-order valence-electron chi connectivity index (χ2n) is 3.41. The summed E-state index contributed by atoms with van der Waals surface area (Å²) in [5.74, 6) is -1.58. The van der Waals surface area contributed by atoms with Gasteiger partial charge < -0.3 is 20.3 Å². The van der Waals surface area contributed by atoms with Gasteiger partial charge in [0.25, 0.3) is 0 Å². The van der Waals surface area contributed by atoms with E-state index in [0.717, 1.165) is 0 Å². The van der Waals surface area contributed by atoms with E-state index in [0.29, 0.717) is 11.4 Å². The maximum Gasteiger partial charge on any atom is 0.341 e. The Labute approximate surface area is 97.8 Å². The minimum atomic E-state index is -1.05. The zero-order chi connectivity index (χ0) is 12.8. The van der Waals surface area contributed by atoms with Gasteiger partial charge in [0.15, 0.2) is 6.61 Å². The fraction of sp³-hybridized carbons (Fsp3) is 0.273. The molecule has 1 aromatic rings. The monoisotopic (exact) mass is 239 g/mol. The molecule has 1 aromatic carbocycles. The molecule has 6 heteroatoms. The SMILES string of the molecule is C[C@H](Nc1ccc(OCC(=O)O)cc1)C(=O)O. The number of hydrogen-bond donors (Lipinski definition) is 3. The van der Waals surface area contributed by atoms with Crippen molar-refractivity contribution in [2.45, 2.75) is 13.0 Å². The van der Waals surface area contributed by atoms with Crippen LogP contribution >= 0.6 is 0 Å². The van der Waals surface area contributed by atoms with Crippen molar-refractivity contribution in [2.24, 2.45) is 0 Å². The first-order valence-electron chi connectivity index (χ1n) is 4.93. The maximum atomic E-state index is 10.6. The lowest BCUT2D eigenvalue weighted by molar-refractivity contribution is -0.139. The molecule has 17 heavy (non-hydrogen) atoms. The van der Waals surface area contributed by atoms with E-state index < -0.39 is 24.6 Å². The number of ether oxygens (including phenoxy) is 1. The van der Waals surface area contributed by atoms with Crippen molar-refractivity contribution in [3.8, 4) is 5.75 Å². The minimum Gasteiger partial charge on any atom is -0.482 e. The summed E-state index contributed by atoms with van der Waals surface area (Å²) < 4.78 is 4.93. The van der Waals surface area contributed by atoms with Gasteiger partial charge >= 0.3 is 11.9 Å². The Kier molecular flexibility index (Phi) is 4.33. The zero-order valence-electron chi connectivity index (χ0n) is 9.21. The van der Waals surface area contributed by atoms with Gasteiger partial charge in [0, 0.05) is 5.69 Å². The molecular formula is C11H13NO5. The second-order valence-corrected chi connectivity index (χ2v) is 3.41. The van der Waals surface area contributed by atoms with Crippen molar-refractivity contribution in [1.29, 1.82) is 0 Å². The molecule has 0 aromatic heterocycles. The first-order valence-corrected chi connectivity index (χ1v) is 4.93. The summed E-state index contributed by atoms with van der Waals surface area (Å²) in [5, 5.41) is 19.9. The van der Waals surface area contributed by atoms with Crippen LogP contribution in [0.2, 0.25) is 0 Å². The Morgan fingerprint density at radius 2 is 1.88 bits per heavy atom. The molecule has 0 radical (unpaired) electrons. The number of anilines is 1. The van der Waals surface area contributed by atoms with E-state index in [-0.39, 0.29) is 0 Å². The predicted octanol–water partition coefficient (Wildman–Crippen LogP) is 1.03. The van der Waals surface area contributed by atoms with Crippen LogP contribution in [-0.2, 0) is 9.59 Å². The Balaban J connectivity index is 2.55. The highest BCUT2D eigenvalue weighted by molar-refractivity contribution is 5.76. The first kappa shape index (κ1) is 12.8. The molecule has 0 aliphatic carbocycles. The molecule has 0 aliphatic rings. The molecule has 92 valence electrons. The maximum absolute atomic E-state index is 10.6. The molecule has 3 N–H and O–H groups in total. The van der Waals surface area contributed by atoms with Crippen molar-refractivity contribution in [3.63, 3.8) is 0 Å². The Hall–Kier alpha value is -2.24. The predicted molar refractivity (Wildman–Crippen MR) is 60.3 cm³/mol. The van der Waals surface area contributed by atoms with E-state index in [9.17, 15) is 9.59 Å². The van der Waals surface area contributed by atoms with Crippen molar-refractivity contribution in [3.05, 3.63) is 24.3 Å². The van der Waals surface area contributed by atoms with Crippen LogP contribution in [0.4, 0.5) is 5.69 Å². The molecule has 0 aliphatic heterocycles. The molecule has 1 atom stereocenters. The highest BCUT2D eigenvalue weighted by atomic mass is 16.5. The summed E-state index contributed by atoms with van der Waals surface area (Å²) in [7, 11) is 0.